The van der Waals surface area contributed by atoms with Crippen molar-refractivity contribution in [1.29, 1.82) is 0 Å². The summed E-state index contributed by atoms with van der Waals surface area (Å²) in [6.07, 6.45) is 2.23. The first-order valence-electron chi connectivity index (χ1n) is 4.56. The van der Waals surface area contributed by atoms with Gasteiger partial charge in [0.2, 0.25) is 10.0 Å². The van der Waals surface area contributed by atoms with E-state index in [1.54, 1.807) is 6.07 Å². The van der Waals surface area contributed by atoms with Crippen molar-refractivity contribution >= 4 is 15.7 Å². The molecule has 1 aromatic carbocycles. The van der Waals surface area contributed by atoms with Gasteiger partial charge in [0, 0.05) is 6.07 Å². The quantitative estimate of drug-likeness (QED) is 0.734. The first-order valence-corrected chi connectivity index (χ1v) is 6.10. The maximum Gasteiger partial charge on any atom is 0.240 e. The molecule has 6 heteroatoms. The Morgan fingerprint density at radius 3 is 2.53 bits per heavy atom. The average molecular weight is 228 g/mol. The summed E-state index contributed by atoms with van der Waals surface area (Å²) in [4.78, 5) is -0.0827. The molecule has 0 spiro atoms. The number of anilines is 1. The Hall–Kier alpha value is -1.27. The van der Waals surface area contributed by atoms with E-state index >= 15 is 0 Å². The maximum atomic E-state index is 11.1. The van der Waals surface area contributed by atoms with Gasteiger partial charge in [-0.15, -0.1) is 0 Å². The normalized spacial score (nSPS) is 16.3. The molecule has 15 heavy (non-hydrogen) atoms. The molecule has 0 aromatic heterocycles. The number of rotatable bonds is 3. The molecule has 1 aliphatic carbocycles. The Labute approximate surface area is 88.1 Å². The lowest BCUT2D eigenvalue weighted by molar-refractivity contribution is 0.302. The molecule has 0 bridgehead atoms. The lowest BCUT2D eigenvalue weighted by atomic mass is 10.3. The van der Waals surface area contributed by atoms with Gasteiger partial charge in [0.15, 0.2) is 0 Å². The minimum Gasteiger partial charge on any atom is -0.490 e. The van der Waals surface area contributed by atoms with Crippen LogP contribution in [0.3, 0.4) is 0 Å². The zero-order valence-electron chi connectivity index (χ0n) is 8.01. The van der Waals surface area contributed by atoms with Crippen LogP contribution in [0.2, 0.25) is 0 Å². The Morgan fingerprint density at radius 2 is 2.00 bits per heavy atom. The third-order valence-electron chi connectivity index (χ3n) is 2.12. The van der Waals surface area contributed by atoms with Crippen molar-refractivity contribution < 1.29 is 13.2 Å². The number of nitrogens with two attached hydrogens (primary N) is 2. The van der Waals surface area contributed by atoms with Gasteiger partial charge in [0.25, 0.3) is 0 Å². The SMILES string of the molecule is Nc1ccc(OC2CC2)cc1S(N)(=O)=O. The summed E-state index contributed by atoms with van der Waals surface area (Å²) in [5.74, 6) is 0.496. The van der Waals surface area contributed by atoms with E-state index in [9.17, 15) is 8.42 Å². The van der Waals surface area contributed by atoms with Gasteiger partial charge in [-0.3, -0.25) is 0 Å². The number of nitrogen functional groups attached to an aromatic ring is 1. The third kappa shape index (κ3) is 2.40. The fraction of sp³-hybridized carbons (Fsp3) is 0.333. The molecule has 1 saturated carbocycles. The number of primary sulfonamides is 1. The number of ether oxygens (including phenoxy) is 1. The summed E-state index contributed by atoms with van der Waals surface area (Å²) in [7, 11) is -3.78. The van der Waals surface area contributed by atoms with Crippen LogP contribution in [0.25, 0.3) is 0 Å². The van der Waals surface area contributed by atoms with E-state index in [2.05, 4.69) is 0 Å². The second-order valence-corrected chi connectivity index (χ2v) is 5.09. The highest BCUT2D eigenvalue weighted by atomic mass is 32.2. The van der Waals surface area contributed by atoms with Crippen LogP contribution in [0.5, 0.6) is 5.75 Å². The molecule has 0 saturated heterocycles. The molecule has 1 fully saturated rings. The van der Waals surface area contributed by atoms with E-state index in [-0.39, 0.29) is 16.7 Å². The van der Waals surface area contributed by atoms with E-state index in [1.807, 2.05) is 0 Å². The van der Waals surface area contributed by atoms with Gasteiger partial charge in [0.05, 0.1) is 11.8 Å². The lowest BCUT2D eigenvalue weighted by Gasteiger charge is -2.07. The molecule has 0 radical (unpaired) electrons. The predicted octanol–water partition coefficient (Wildman–Crippen LogP) is 0.457. The van der Waals surface area contributed by atoms with Crippen molar-refractivity contribution in [3.8, 4) is 5.75 Å². The monoisotopic (exact) mass is 228 g/mol. The molecular formula is C9H12N2O3S. The average Bonchev–Trinajstić information content (AvgIpc) is 2.90. The summed E-state index contributed by atoms with van der Waals surface area (Å²) >= 11 is 0. The van der Waals surface area contributed by atoms with Crippen LogP contribution < -0.4 is 15.6 Å². The largest absolute Gasteiger partial charge is 0.490 e. The van der Waals surface area contributed by atoms with Gasteiger partial charge in [-0.25, -0.2) is 13.6 Å². The zero-order chi connectivity index (χ0) is 11.1. The molecule has 82 valence electrons. The molecule has 0 amide bonds. The van der Waals surface area contributed by atoms with Crippen molar-refractivity contribution in [2.75, 3.05) is 5.73 Å². The number of sulfonamides is 1. The second-order valence-electron chi connectivity index (χ2n) is 3.56. The van der Waals surface area contributed by atoms with Crippen molar-refractivity contribution in [1.82, 2.24) is 0 Å². The van der Waals surface area contributed by atoms with Gasteiger partial charge >= 0.3 is 0 Å². The number of hydrogen-bond acceptors (Lipinski definition) is 4. The fourth-order valence-electron chi connectivity index (χ4n) is 1.21. The lowest BCUT2D eigenvalue weighted by Crippen LogP contribution is -2.14. The Morgan fingerprint density at radius 1 is 1.33 bits per heavy atom. The van der Waals surface area contributed by atoms with Crippen LogP contribution in [0.15, 0.2) is 23.1 Å². The van der Waals surface area contributed by atoms with Gasteiger partial charge < -0.3 is 10.5 Å². The summed E-state index contributed by atoms with van der Waals surface area (Å²) in [5, 5.41) is 5.01. The van der Waals surface area contributed by atoms with Crippen molar-refractivity contribution in [2.24, 2.45) is 5.14 Å². The molecule has 0 atom stereocenters. The van der Waals surface area contributed by atoms with Gasteiger partial charge in [-0.05, 0) is 25.0 Å². The highest BCUT2D eigenvalue weighted by Crippen LogP contribution is 2.29. The number of benzene rings is 1. The van der Waals surface area contributed by atoms with Crippen LogP contribution in [-0.2, 0) is 10.0 Å². The first kappa shape index (κ1) is 10.3. The molecule has 4 N–H and O–H groups in total. The van der Waals surface area contributed by atoms with E-state index in [1.165, 1.54) is 12.1 Å². The summed E-state index contributed by atoms with van der Waals surface area (Å²) in [6, 6.07) is 4.49. The highest BCUT2D eigenvalue weighted by molar-refractivity contribution is 7.89. The van der Waals surface area contributed by atoms with Crippen LogP contribution in [0.1, 0.15) is 12.8 Å². The first-order chi connectivity index (χ1) is 6.97. The standard InChI is InChI=1S/C9H12N2O3S/c10-8-4-3-7(14-6-1-2-6)5-9(8)15(11,12)13/h3-6H,1-2,10H2,(H2,11,12,13). The second kappa shape index (κ2) is 3.39. The van der Waals surface area contributed by atoms with Crippen molar-refractivity contribution in [2.45, 2.75) is 23.8 Å². The van der Waals surface area contributed by atoms with Crippen LogP contribution in [0, 0.1) is 0 Å². The minimum absolute atomic E-state index is 0.0827. The predicted molar refractivity (Wildman–Crippen MR) is 55.9 cm³/mol. The van der Waals surface area contributed by atoms with E-state index in [4.69, 9.17) is 15.6 Å². The molecule has 0 unspecified atom stereocenters. The Kier molecular flexibility index (Phi) is 2.32. The highest BCUT2D eigenvalue weighted by Gasteiger charge is 2.24. The maximum absolute atomic E-state index is 11.1. The van der Waals surface area contributed by atoms with Crippen LogP contribution >= 0.6 is 0 Å². The molecule has 1 aromatic rings. The summed E-state index contributed by atoms with van der Waals surface area (Å²) in [5.41, 5.74) is 5.65. The molecule has 5 nitrogen and oxygen atoms in total. The fourth-order valence-corrected chi connectivity index (χ4v) is 1.89. The molecular weight excluding hydrogens is 216 g/mol. The van der Waals surface area contributed by atoms with E-state index in [0.717, 1.165) is 12.8 Å². The van der Waals surface area contributed by atoms with E-state index < -0.39 is 10.0 Å². The summed E-state index contributed by atoms with van der Waals surface area (Å²) in [6.45, 7) is 0. The topological polar surface area (TPSA) is 95.4 Å². The summed E-state index contributed by atoms with van der Waals surface area (Å²) < 4.78 is 27.7. The molecule has 0 aliphatic heterocycles. The zero-order valence-corrected chi connectivity index (χ0v) is 8.83. The Bertz CT molecular complexity index is 480. The van der Waals surface area contributed by atoms with Crippen LogP contribution in [-0.4, -0.2) is 14.5 Å². The van der Waals surface area contributed by atoms with Crippen molar-refractivity contribution in [3.63, 3.8) is 0 Å². The van der Waals surface area contributed by atoms with Crippen molar-refractivity contribution in [3.05, 3.63) is 18.2 Å². The van der Waals surface area contributed by atoms with Gasteiger partial charge in [-0.1, -0.05) is 0 Å². The third-order valence-corrected chi connectivity index (χ3v) is 3.09. The van der Waals surface area contributed by atoms with Gasteiger partial charge in [0.1, 0.15) is 10.6 Å². The minimum atomic E-state index is -3.78. The van der Waals surface area contributed by atoms with Gasteiger partial charge in [-0.2, -0.15) is 0 Å². The van der Waals surface area contributed by atoms with Crippen LogP contribution in [0.4, 0.5) is 5.69 Å². The molecule has 0 heterocycles. The number of hydrogen-bond donors (Lipinski definition) is 2. The Balaban J connectivity index is 2.35. The van der Waals surface area contributed by atoms with E-state index in [0.29, 0.717) is 5.75 Å². The molecule has 1 aliphatic rings. The smallest absolute Gasteiger partial charge is 0.240 e. The molecule has 2 rings (SSSR count).